The van der Waals surface area contributed by atoms with Crippen LogP contribution in [0.5, 0.6) is 0 Å². The maximum Gasteiger partial charge on any atom is 0.410 e. The number of rotatable bonds is 2. The molecule has 2 aromatic heterocycles. The van der Waals surface area contributed by atoms with Crippen molar-refractivity contribution in [3.05, 3.63) is 61.9 Å². The normalized spacial score (nSPS) is 19.7. The quantitative estimate of drug-likeness (QED) is 0.551. The molecule has 3 aromatic rings. The Bertz CT molecular complexity index is 1100. The molecule has 0 unspecified atom stereocenters. The molecular weight excluding hydrogens is 454 g/mol. The molecule has 29 heavy (non-hydrogen) atoms. The van der Waals surface area contributed by atoms with Gasteiger partial charge in [-0.05, 0) is 54.8 Å². The standard InChI is InChI=1S/C21H22BrN3O3S/c1-21(2,3)28-20(27)25-10-9-13(12-7-5-4-6-8-12)16(25)18-23-14-11-15(22)29-17(14)19(26)24-18/h4-8,11,13,16H,9-10H2,1-3H3,(H,23,24,26)/t13-,16-/m1/s1. The summed E-state index contributed by atoms with van der Waals surface area (Å²) in [5.74, 6) is 0.511. The predicted molar refractivity (Wildman–Crippen MR) is 117 cm³/mol. The molecule has 0 spiro atoms. The minimum atomic E-state index is -0.602. The molecule has 0 bridgehead atoms. The van der Waals surface area contributed by atoms with Crippen LogP contribution in [0.25, 0.3) is 10.2 Å². The van der Waals surface area contributed by atoms with Crippen LogP contribution in [0.3, 0.4) is 0 Å². The Morgan fingerprint density at radius 3 is 2.72 bits per heavy atom. The zero-order valence-corrected chi connectivity index (χ0v) is 18.8. The van der Waals surface area contributed by atoms with Crippen molar-refractivity contribution in [3.63, 3.8) is 0 Å². The Hall–Kier alpha value is -2.19. The topological polar surface area (TPSA) is 75.3 Å². The number of carbonyl (C=O) groups excluding carboxylic acids is 1. The van der Waals surface area contributed by atoms with Crippen LogP contribution in [-0.2, 0) is 4.74 Å². The van der Waals surface area contributed by atoms with Crippen LogP contribution in [0.4, 0.5) is 4.79 Å². The number of aromatic nitrogens is 2. The van der Waals surface area contributed by atoms with Gasteiger partial charge in [-0.25, -0.2) is 9.78 Å². The van der Waals surface area contributed by atoms with Gasteiger partial charge < -0.3 is 9.72 Å². The van der Waals surface area contributed by atoms with Crippen LogP contribution >= 0.6 is 27.3 Å². The number of hydrogen-bond acceptors (Lipinski definition) is 5. The second-order valence-electron chi connectivity index (χ2n) is 8.14. The maximum atomic E-state index is 13.0. The lowest BCUT2D eigenvalue weighted by molar-refractivity contribution is 0.0211. The number of halogens is 1. The number of hydrogen-bond donors (Lipinski definition) is 1. The second-order valence-corrected chi connectivity index (χ2v) is 10.6. The van der Waals surface area contributed by atoms with Crippen molar-refractivity contribution >= 4 is 43.6 Å². The van der Waals surface area contributed by atoms with Crippen LogP contribution in [0.1, 0.15) is 50.5 Å². The number of likely N-dealkylation sites (tertiary alicyclic amines) is 1. The fraction of sp³-hybridized carbons (Fsp3) is 0.381. The number of nitrogens with zero attached hydrogens (tertiary/aromatic N) is 2. The first-order valence-corrected chi connectivity index (χ1v) is 11.1. The summed E-state index contributed by atoms with van der Waals surface area (Å²) in [6.07, 6.45) is 0.374. The summed E-state index contributed by atoms with van der Waals surface area (Å²) in [7, 11) is 0. The summed E-state index contributed by atoms with van der Waals surface area (Å²) in [6.45, 7) is 6.08. The summed E-state index contributed by atoms with van der Waals surface area (Å²) in [6, 6.07) is 11.5. The van der Waals surface area contributed by atoms with Gasteiger partial charge in [0.2, 0.25) is 0 Å². The molecule has 0 saturated carbocycles. The van der Waals surface area contributed by atoms with Crippen molar-refractivity contribution in [2.75, 3.05) is 6.54 Å². The van der Waals surface area contributed by atoms with E-state index >= 15 is 0 Å². The van der Waals surface area contributed by atoms with E-state index in [2.05, 4.69) is 20.9 Å². The van der Waals surface area contributed by atoms with E-state index in [1.54, 1.807) is 4.90 Å². The van der Waals surface area contributed by atoms with Gasteiger partial charge in [0, 0.05) is 12.5 Å². The van der Waals surface area contributed by atoms with Crippen molar-refractivity contribution in [2.24, 2.45) is 0 Å². The van der Waals surface area contributed by atoms with Crippen molar-refractivity contribution in [3.8, 4) is 0 Å². The Morgan fingerprint density at radius 1 is 1.31 bits per heavy atom. The molecule has 8 heteroatoms. The lowest BCUT2D eigenvalue weighted by Gasteiger charge is -2.30. The Labute approximate surface area is 181 Å². The van der Waals surface area contributed by atoms with Gasteiger partial charge in [-0.15, -0.1) is 11.3 Å². The molecule has 1 saturated heterocycles. The van der Waals surface area contributed by atoms with Crippen molar-refractivity contribution < 1.29 is 9.53 Å². The summed E-state index contributed by atoms with van der Waals surface area (Å²) >= 11 is 4.77. The van der Waals surface area contributed by atoms with E-state index in [9.17, 15) is 9.59 Å². The number of benzene rings is 1. The van der Waals surface area contributed by atoms with Gasteiger partial charge >= 0.3 is 6.09 Å². The lowest BCUT2D eigenvalue weighted by atomic mass is 9.91. The van der Waals surface area contributed by atoms with E-state index in [0.717, 1.165) is 15.8 Å². The van der Waals surface area contributed by atoms with Gasteiger partial charge in [0.1, 0.15) is 22.2 Å². The average Bonchev–Trinajstić information content (AvgIpc) is 3.24. The number of nitrogens with one attached hydrogen (secondary N) is 1. The number of thiophene rings is 1. The molecule has 0 aliphatic carbocycles. The van der Waals surface area contributed by atoms with Gasteiger partial charge in [-0.1, -0.05) is 30.3 Å². The van der Waals surface area contributed by atoms with Crippen LogP contribution < -0.4 is 5.56 Å². The molecule has 152 valence electrons. The van der Waals surface area contributed by atoms with Crippen LogP contribution in [0, 0.1) is 0 Å². The molecule has 1 fully saturated rings. The first-order chi connectivity index (χ1) is 13.7. The second kappa shape index (κ2) is 7.57. The zero-order chi connectivity index (χ0) is 20.8. The Morgan fingerprint density at radius 2 is 2.03 bits per heavy atom. The van der Waals surface area contributed by atoms with Crippen LogP contribution in [0.2, 0.25) is 0 Å². The number of carbonyl (C=O) groups is 1. The van der Waals surface area contributed by atoms with E-state index in [0.29, 0.717) is 22.6 Å². The predicted octanol–water partition coefficient (Wildman–Crippen LogP) is 5.21. The first kappa shape index (κ1) is 20.1. The van der Waals surface area contributed by atoms with Crippen molar-refractivity contribution in [1.82, 2.24) is 14.9 Å². The number of ether oxygens (including phenoxy) is 1. The van der Waals surface area contributed by atoms with Crippen LogP contribution in [0.15, 0.2) is 45.0 Å². The SMILES string of the molecule is CC(C)(C)OC(=O)N1CC[C@H](c2ccccc2)[C@@H]1c1nc2cc(Br)sc2c(=O)[nH]1. The molecular formula is C21H22BrN3O3S. The first-order valence-electron chi connectivity index (χ1n) is 9.47. The summed E-state index contributed by atoms with van der Waals surface area (Å²) in [4.78, 5) is 35.0. The van der Waals surface area contributed by atoms with E-state index < -0.39 is 17.7 Å². The fourth-order valence-electron chi connectivity index (χ4n) is 3.77. The highest BCUT2D eigenvalue weighted by Gasteiger charge is 2.42. The third-order valence-electron chi connectivity index (χ3n) is 4.90. The highest BCUT2D eigenvalue weighted by atomic mass is 79.9. The monoisotopic (exact) mass is 475 g/mol. The summed E-state index contributed by atoms with van der Waals surface area (Å²) in [5, 5.41) is 0. The largest absolute Gasteiger partial charge is 0.444 e. The minimum Gasteiger partial charge on any atom is -0.444 e. The maximum absolute atomic E-state index is 13.0. The molecule has 3 heterocycles. The van der Waals surface area contributed by atoms with Crippen LogP contribution in [-0.4, -0.2) is 33.1 Å². The molecule has 0 radical (unpaired) electrons. The van der Waals surface area contributed by atoms with Gasteiger partial charge in [0.25, 0.3) is 5.56 Å². The molecule has 4 rings (SSSR count). The zero-order valence-electron chi connectivity index (χ0n) is 16.4. The Kier molecular flexibility index (Phi) is 5.25. The Balaban J connectivity index is 1.80. The van der Waals surface area contributed by atoms with E-state index in [1.807, 2.05) is 57.2 Å². The highest BCUT2D eigenvalue weighted by Crippen LogP contribution is 2.43. The van der Waals surface area contributed by atoms with E-state index in [4.69, 9.17) is 9.72 Å². The van der Waals surface area contributed by atoms with Crippen molar-refractivity contribution in [2.45, 2.75) is 44.8 Å². The van der Waals surface area contributed by atoms with Gasteiger partial charge in [0.05, 0.1) is 9.30 Å². The lowest BCUT2D eigenvalue weighted by Crippen LogP contribution is -2.38. The van der Waals surface area contributed by atoms with Gasteiger partial charge in [-0.2, -0.15) is 0 Å². The minimum absolute atomic E-state index is 0.0198. The molecule has 1 aliphatic heterocycles. The number of aromatic amines is 1. The molecule has 2 atom stereocenters. The third-order valence-corrected chi connectivity index (χ3v) is 6.53. The highest BCUT2D eigenvalue weighted by molar-refractivity contribution is 9.11. The fourth-order valence-corrected chi connectivity index (χ4v) is 5.19. The average molecular weight is 476 g/mol. The van der Waals surface area contributed by atoms with E-state index in [-0.39, 0.29) is 11.5 Å². The van der Waals surface area contributed by atoms with Crippen molar-refractivity contribution in [1.29, 1.82) is 0 Å². The number of H-pyrrole nitrogens is 1. The number of fused-ring (bicyclic) bond motifs is 1. The molecule has 6 nitrogen and oxygen atoms in total. The molecule has 1 aromatic carbocycles. The molecule has 1 aliphatic rings. The van der Waals surface area contributed by atoms with Gasteiger partial charge in [-0.3, -0.25) is 9.69 Å². The molecule has 1 amide bonds. The smallest absolute Gasteiger partial charge is 0.410 e. The number of amides is 1. The van der Waals surface area contributed by atoms with E-state index in [1.165, 1.54) is 11.3 Å². The summed E-state index contributed by atoms with van der Waals surface area (Å²) < 4.78 is 7.05. The van der Waals surface area contributed by atoms with Gasteiger partial charge in [0.15, 0.2) is 0 Å². The third kappa shape index (κ3) is 4.09. The summed E-state index contributed by atoms with van der Waals surface area (Å²) in [5.41, 5.74) is 0.944. The molecule has 1 N–H and O–H groups in total.